The highest BCUT2D eigenvalue weighted by Gasteiger charge is 2.23. The van der Waals surface area contributed by atoms with Crippen LogP contribution in [0.4, 0.5) is 0 Å². The van der Waals surface area contributed by atoms with Gasteiger partial charge >= 0.3 is 0 Å². The Bertz CT molecular complexity index is 710. The molecule has 1 aromatic heterocycles. The Labute approximate surface area is 115 Å². The molecular weight excluding hydrogens is 256 g/mol. The summed E-state index contributed by atoms with van der Waals surface area (Å²) in [6.45, 7) is 1.24. The monoisotopic (exact) mass is 272 g/mol. The summed E-state index contributed by atoms with van der Waals surface area (Å²) in [7, 11) is 0. The second-order valence-electron chi connectivity index (χ2n) is 5.08. The number of fused-ring (bicyclic) bond motifs is 1. The number of aromatic nitrogens is 2. The number of rotatable bonds is 2. The van der Waals surface area contributed by atoms with Crippen LogP contribution < -0.4 is 11.3 Å². The molecule has 0 bridgehead atoms. The summed E-state index contributed by atoms with van der Waals surface area (Å²) in [6.07, 6.45) is 2.25. The Morgan fingerprint density at radius 2 is 2.20 bits per heavy atom. The van der Waals surface area contributed by atoms with Crippen molar-refractivity contribution in [3.05, 3.63) is 40.9 Å². The van der Waals surface area contributed by atoms with Gasteiger partial charge in [-0.3, -0.25) is 14.2 Å². The van der Waals surface area contributed by atoms with Crippen molar-refractivity contribution in [2.24, 2.45) is 5.73 Å². The topological polar surface area (TPSA) is 81.2 Å². The lowest BCUT2D eigenvalue weighted by atomic mass is 10.2. The van der Waals surface area contributed by atoms with Crippen molar-refractivity contribution in [3.8, 4) is 0 Å². The van der Waals surface area contributed by atoms with Gasteiger partial charge in [0.1, 0.15) is 6.54 Å². The van der Waals surface area contributed by atoms with Crippen LogP contribution in [0.3, 0.4) is 0 Å². The van der Waals surface area contributed by atoms with Crippen LogP contribution >= 0.6 is 0 Å². The molecule has 1 aliphatic rings. The Hall–Kier alpha value is -2.21. The first-order chi connectivity index (χ1) is 9.65. The number of amides is 1. The van der Waals surface area contributed by atoms with Crippen LogP contribution in [-0.2, 0) is 11.3 Å². The van der Waals surface area contributed by atoms with Gasteiger partial charge in [-0.2, -0.15) is 0 Å². The van der Waals surface area contributed by atoms with Crippen molar-refractivity contribution in [1.82, 2.24) is 14.5 Å². The van der Waals surface area contributed by atoms with Gasteiger partial charge in [0, 0.05) is 19.1 Å². The lowest BCUT2D eigenvalue weighted by Gasteiger charge is -2.16. The summed E-state index contributed by atoms with van der Waals surface area (Å²) in [5, 5.41) is 0.529. The summed E-state index contributed by atoms with van der Waals surface area (Å²) < 4.78 is 1.36. The summed E-state index contributed by atoms with van der Waals surface area (Å²) in [6, 6.07) is 7.16. The molecule has 3 rings (SSSR count). The predicted molar refractivity (Wildman–Crippen MR) is 75.2 cm³/mol. The average Bonchev–Trinajstić information content (AvgIpc) is 2.89. The molecule has 1 amide bonds. The number of benzene rings is 1. The Morgan fingerprint density at radius 1 is 1.40 bits per heavy atom. The summed E-state index contributed by atoms with van der Waals surface area (Å²) in [5.74, 6) is -0.0860. The molecule has 1 fully saturated rings. The maximum atomic E-state index is 12.3. The van der Waals surface area contributed by atoms with Gasteiger partial charge in [-0.25, -0.2) is 4.98 Å². The van der Waals surface area contributed by atoms with E-state index in [1.165, 1.54) is 10.9 Å². The lowest BCUT2D eigenvalue weighted by Crippen LogP contribution is -2.36. The quantitative estimate of drug-likeness (QED) is 0.831. The Kier molecular flexibility index (Phi) is 3.23. The van der Waals surface area contributed by atoms with E-state index in [1.807, 2.05) is 6.07 Å². The molecule has 0 radical (unpaired) electrons. The van der Waals surface area contributed by atoms with E-state index < -0.39 is 0 Å². The van der Waals surface area contributed by atoms with Gasteiger partial charge in [0.15, 0.2) is 0 Å². The van der Waals surface area contributed by atoms with E-state index in [4.69, 9.17) is 5.73 Å². The molecule has 6 heteroatoms. The molecule has 20 heavy (non-hydrogen) atoms. The minimum Gasteiger partial charge on any atom is -0.340 e. The molecule has 2 N–H and O–H groups in total. The minimum atomic E-state index is -0.188. The maximum Gasteiger partial charge on any atom is 0.261 e. The molecule has 0 spiro atoms. The van der Waals surface area contributed by atoms with Crippen molar-refractivity contribution in [2.45, 2.75) is 19.0 Å². The summed E-state index contributed by atoms with van der Waals surface area (Å²) in [5.41, 5.74) is 6.24. The molecule has 0 unspecified atom stereocenters. The number of carbonyl (C=O) groups excluding carboxylic acids is 1. The van der Waals surface area contributed by atoms with Crippen LogP contribution in [-0.4, -0.2) is 39.5 Å². The zero-order chi connectivity index (χ0) is 14.1. The van der Waals surface area contributed by atoms with Crippen LogP contribution in [0.5, 0.6) is 0 Å². The smallest absolute Gasteiger partial charge is 0.261 e. The average molecular weight is 272 g/mol. The summed E-state index contributed by atoms with van der Waals surface area (Å²) >= 11 is 0. The fourth-order valence-electron chi connectivity index (χ4n) is 2.48. The first-order valence-corrected chi connectivity index (χ1v) is 6.62. The normalized spacial score (nSPS) is 18.6. The van der Waals surface area contributed by atoms with E-state index in [2.05, 4.69) is 4.98 Å². The first kappa shape index (κ1) is 12.8. The van der Waals surface area contributed by atoms with E-state index in [0.717, 1.165) is 6.42 Å². The van der Waals surface area contributed by atoms with E-state index in [9.17, 15) is 9.59 Å². The number of likely N-dealkylation sites (tertiary alicyclic amines) is 1. The number of hydrogen-bond acceptors (Lipinski definition) is 4. The third-order valence-electron chi connectivity index (χ3n) is 3.61. The molecule has 0 aliphatic carbocycles. The van der Waals surface area contributed by atoms with E-state index >= 15 is 0 Å². The van der Waals surface area contributed by atoms with Gasteiger partial charge in [-0.15, -0.1) is 0 Å². The third-order valence-corrected chi connectivity index (χ3v) is 3.61. The molecule has 1 saturated heterocycles. The molecule has 104 valence electrons. The lowest BCUT2D eigenvalue weighted by molar-refractivity contribution is -0.130. The molecule has 6 nitrogen and oxygen atoms in total. The second kappa shape index (κ2) is 5.05. The first-order valence-electron chi connectivity index (χ1n) is 6.62. The molecule has 1 atom stereocenters. The van der Waals surface area contributed by atoms with Gasteiger partial charge in [-0.1, -0.05) is 12.1 Å². The number of para-hydroxylation sites is 1. The largest absolute Gasteiger partial charge is 0.340 e. The third kappa shape index (κ3) is 2.30. The molecule has 2 aromatic rings. The van der Waals surface area contributed by atoms with Gasteiger partial charge in [0.05, 0.1) is 17.2 Å². The van der Waals surface area contributed by atoms with Crippen molar-refractivity contribution >= 4 is 16.8 Å². The number of carbonyl (C=O) groups is 1. The SMILES string of the molecule is N[C@@H]1CCN(C(=O)Cn2cnc3ccccc3c2=O)C1. The van der Waals surface area contributed by atoms with Crippen LogP contribution in [0.2, 0.25) is 0 Å². The highest BCUT2D eigenvalue weighted by atomic mass is 16.2. The number of hydrogen-bond donors (Lipinski definition) is 1. The van der Waals surface area contributed by atoms with Crippen LogP contribution in [0.15, 0.2) is 35.4 Å². The van der Waals surface area contributed by atoms with Gasteiger partial charge < -0.3 is 10.6 Å². The second-order valence-corrected chi connectivity index (χ2v) is 5.08. The van der Waals surface area contributed by atoms with Crippen molar-refractivity contribution in [1.29, 1.82) is 0 Å². The highest BCUT2D eigenvalue weighted by Crippen LogP contribution is 2.08. The van der Waals surface area contributed by atoms with Crippen LogP contribution in [0.25, 0.3) is 10.9 Å². The molecule has 1 aromatic carbocycles. The number of nitrogens with zero attached hydrogens (tertiary/aromatic N) is 3. The summed E-state index contributed by atoms with van der Waals surface area (Å²) in [4.78, 5) is 30.3. The van der Waals surface area contributed by atoms with Gasteiger partial charge in [0.2, 0.25) is 5.91 Å². The standard InChI is InChI=1S/C14H16N4O2/c15-10-5-6-17(7-10)13(19)8-18-9-16-12-4-2-1-3-11(12)14(18)20/h1-4,9-10H,5-8,15H2/t10-/m1/s1. The van der Waals surface area contributed by atoms with Crippen molar-refractivity contribution in [3.63, 3.8) is 0 Å². The van der Waals surface area contributed by atoms with Crippen molar-refractivity contribution in [2.75, 3.05) is 13.1 Å². The minimum absolute atomic E-state index is 0.0172. The zero-order valence-corrected chi connectivity index (χ0v) is 11.0. The fraction of sp³-hybridized carbons (Fsp3) is 0.357. The maximum absolute atomic E-state index is 12.3. The van der Waals surface area contributed by atoms with E-state index in [1.54, 1.807) is 23.1 Å². The molecule has 2 heterocycles. The Morgan fingerprint density at radius 3 is 2.95 bits per heavy atom. The molecule has 0 saturated carbocycles. The molecular formula is C14H16N4O2. The zero-order valence-electron chi connectivity index (χ0n) is 11.0. The van der Waals surface area contributed by atoms with Crippen molar-refractivity contribution < 1.29 is 4.79 Å². The van der Waals surface area contributed by atoms with Crippen LogP contribution in [0, 0.1) is 0 Å². The molecule has 1 aliphatic heterocycles. The van der Waals surface area contributed by atoms with E-state index in [-0.39, 0.29) is 24.1 Å². The van der Waals surface area contributed by atoms with Gasteiger partial charge in [-0.05, 0) is 18.6 Å². The number of nitrogens with two attached hydrogens (primary N) is 1. The fourth-order valence-corrected chi connectivity index (χ4v) is 2.48. The highest BCUT2D eigenvalue weighted by molar-refractivity contribution is 5.79. The van der Waals surface area contributed by atoms with Gasteiger partial charge in [0.25, 0.3) is 5.56 Å². The van der Waals surface area contributed by atoms with E-state index in [0.29, 0.717) is 24.0 Å². The Balaban J connectivity index is 1.86. The predicted octanol–water partition coefficient (Wildman–Crippen LogP) is -0.0439. The van der Waals surface area contributed by atoms with Crippen LogP contribution in [0.1, 0.15) is 6.42 Å².